The molecule has 6 unspecified atom stereocenters. The summed E-state index contributed by atoms with van der Waals surface area (Å²) < 4.78 is 15.8. The highest BCUT2D eigenvalue weighted by Crippen LogP contribution is 2.57. The number of nitrogens with zero attached hydrogens (tertiary/aromatic N) is 1. The molecule has 1 aromatic heterocycles. The second-order valence-electron chi connectivity index (χ2n) is 9.65. The number of fused-ring (bicyclic) bond motifs is 11. The summed E-state index contributed by atoms with van der Waals surface area (Å²) in [6.45, 7) is 4.59. The molecule has 0 bridgehead atoms. The van der Waals surface area contributed by atoms with Gasteiger partial charge in [0.2, 0.25) is 0 Å². The fourth-order valence-corrected chi connectivity index (χ4v) is 6.59. The van der Waals surface area contributed by atoms with E-state index in [2.05, 4.69) is 79.1 Å². The van der Waals surface area contributed by atoms with E-state index < -0.39 is 0 Å². The van der Waals surface area contributed by atoms with Crippen molar-refractivity contribution in [1.82, 2.24) is 4.57 Å². The molecule has 0 N–H and O–H groups in total. The minimum absolute atomic E-state index is 0.0471. The van der Waals surface area contributed by atoms with Gasteiger partial charge in [-0.25, -0.2) is 0 Å². The lowest BCUT2D eigenvalue weighted by Crippen LogP contribution is -2.23. The van der Waals surface area contributed by atoms with Gasteiger partial charge >= 0.3 is 0 Å². The molecule has 5 aliphatic rings. The molecule has 0 saturated carbocycles. The Morgan fingerprint density at radius 2 is 1.77 bits per heavy atom. The van der Waals surface area contributed by atoms with Gasteiger partial charge in [-0.1, -0.05) is 54.7 Å². The van der Waals surface area contributed by atoms with E-state index in [1.807, 2.05) is 0 Å². The number of para-hydroxylation sites is 1. The second-order valence-corrected chi connectivity index (χ2v) is 9.65. The summed E-state index contributed by atoms with van der Waals surface area (Å²) in [5, 5.41) is 0. The minimum Gasteiger partial charge on any atom is -0.483 e. The number of ether oxygens (including phenoxy) is 2. The lowest BCUT2D eigenvalue weighted by atomic mass is 9.77. The molecular weight excluding hydrogens is 370 g/mol. The predicted molar refractivity (Wildman–Crippen MR) is 118 cm³/mol. The van der Waals surface area contributed by atoms with Crippen LogP contribution in [-0.4, -0.2) is 10.7 Å². The molecule has 7 rings (SSSR count). The maximum atomic E-state index is 6.71. The van der Waals surface area contributed by atoms with Gasteiger partial charge in [-0.3, -0.25) is 0 Å². The first-order chi connectivity index (χ1) is 14.7. The van der Waals surface area contributed by atoms with Crippen LogP contribution in [0.3, 0.4) is 0 Å². The number of hydrogen-bond donors (Lipinski definition) is 0. The zero-order valence-electron chi connectivity index (χ0n) is 17.5. The third-order valence-corrected chi connectivity index (χ3v) is 7.79. The Bertz CT molecular complexity index is 1130. The molecule has 0 amide bonds. The Balaban J connectivity index is 1.41. The molecule has 3 aliphatic carbocycles. The summed E-state index contributed by atoms with van der Waals surface area (Å²) in [4.78, 5) is 0. The molecular formula is C27H27NO2. The number of hydrogen-bond acceptors (Lipinski definition) is 2. The van der Waals surface area contributed by atoms with Crippen LogP contribution in [0.4, 0.5) is 0 Å². The molecule has 0 radical (unpaired) electrons. The Morgan fingerprint density at radius 3 is 2.63 bits per heavy atom. The highest BCUT2D eigenvalue weighted by molar-refractivity contribution is 5.75. The van der Waals surface area contributed by atoms with Gasteiger partial charge in [0, 0.05) is 34.6 Å². The van der Waals surface area contributed by atoms with Crippen LogP contribution in [0.1, 0.15) is 78.9 Å². The second kappa shape index (κ2) is 6.01. The Kier molecular flexibility index (Phi) is 3.44. The van der Waals surface area contributed by atoms with Gasteiger partial charge in [0.15, 0.2) is 0 Å². The van der Waals surface area contributed by atoms with E-state index in [1.54, 1.807) is 0 Å². The Morgan fingerprint density at radius 1 is 0.967 bits per heavy atom. The number of rotatable bonds is 1. The molecule has 30 heavy (non-hydrogen) atoms. The van der Waals surface area contributed by atoms with Crippen LogP contribution in [0.2, 0.25) is 0 Å². The fourth-order valence-electron chi connectivity index (χ4n) is 6.59. The van der Waals surface area contributed by atoms with E-state index in [0.717, 1.165) is 5.75 Å². The largest absolute Gasteiger partial charge is 0.483 e. The summed E-state index contributed by atoms with van der Waals surface area (Å²) in [6, 6.07) is 8.87. The Labute approximate surface area is 177 Å². The summed E-state index contributed by atoms with van der Waals surface area (Å²) in [5.41, 5.74) is 6.68. The molecule has 0 spiro atoms. The Hall–Kier alpha value is -2.52. The van der Waals surface area contributed by atoms with Gasteiger partial charge in [-0.05, 0) is 38.7 Å². The zero-order valence-corrected chi connectivity index (χ0v) is 17.5. The van der Waals surface area contributed by atoms with E-state index in [-0.39, 0.29) is 24.2 Å². The van der Waals surface area contributed by atoms with Crippen LogP contribution in [0.25, 0.3) is 12.2 Å². The van der Waals surface area contributed by atoms with Crippen molar-refractivity contribution >= 4 is 12.2 Å². The molecule has 152 valence electrons. The molecule has 3 heterocycles. The maximum absolute atomic E-state index is 6.71. The molecule has 1 fully saturated rings. The van der Waals surface area contributed by atoms with Crippen LogP contribution >= 0.6 is 0 Å². The van der Waals surface area contributed by atoms with Crippen LogP contribution in [-0.2, 0) is 4.74 Å². The van der Waals surface area contributed by atoms with Crippen LogP contribution in [0.5, 0.6) is 5.75 Å². The summed E-state index contributed by atoms with van der Waals surface area (Å²) in [6.07, 6.45) is 17.0. The molecule has 6 atom stereocenters. The normalized spacial score (nSPS) is 34.1. The standard InChI is InChI=1S/C27H27NO2/c1-15(2)28-24-18(11-13-20-16-7-3-5-9-22(16)29-26(20)24)19-12-14-21-17-8-4-6-10-23(17)30-27(21)25(19)28/h3,5-7,9-15,17,20-21,23,26-27H,4,8H2,1-2H3. The molecule has 1 saturated heterocycles. The van der Waals surface area contributed by atoms with E-state index >= 15 is 0 Å². The van der Waals surface area contributed by atoms with Crippen LogP contribution in [0.15, 0.2) is 48.6 Å². The molecule has 3 heteroatoms. The van der Waals surface area contributed by atoms with Gasteiger partial charge in [-0.2, -0.15) is 0 Å². The third-order valence-electron chi connectivity index (χ3n) is 7.79. The first-order valence-corrected chi connectivity index (χ1v) is 11.4. The van der Waals surface area contributed by atoms with Crippen LogP contribution < -0.4 is 4.74 Å². The van der Waals surface area contributed by atoms with E-state index in [9.17, 15) is 0 Å². The average Bonchev–Trinajstić information content (AvgIpc) is 3.42. The topological polar surface area (TPSA) is 23.4 Å². The lowest BCUT2D eigenvalue weighted by molar-refractivity contribution is 0.0486. The van der Waals surface area contributed by atoms with Crippen molar-refractivity contribution in [2.45, 2.75) is 57.0 Å². The summed E-state index contributed by atoms with van der Waals surface area (Å²) >= 11 is 0. The minimum atomic E-state index is 0.0471. The number of aromatic nitrogens is 1. The molecule has 3 nitrogen and oxygen atoms in total. The van der Waals surface area contributed by atoms with Crippen molar-refractivity contribution in [3.8, 4) is 5.75 Å². The van der Waals surface area contributed by atoms with Gasteiger partial charge in [0.05, 0.1) is 17.5 Å². The molecule has 2 aromatic rings. The van der Waals surface area contributed by atoms with Crippen molar-refractivity contribution in [3.63, 3.8) is 0 Å². The van der Waals surface area contributed by atoms with Crippen molar-refractivity contribution in [2.24, 2.45) is 11.8 Å². The van der Waals surface area contributed by atoms with Crippen molar-refractivity contribution in [3.05, 3.63) is 76.6 Å². The van der Waals surface area contributed by atoms with Crippen molar-refractivity contribution in [2.75, 3.05) is 0 Å². The predicted octanol–water partition coefficient (Wildman–Crippen LogP) is 6.36. The first kappa shape index (κ1) is 17.2. The van der Waals surface area contributed by atoms with Gasteiger partial charge < -0.3 is 14.0 Å². The van der Waals surface area contributed by atoms with Crippen LogP contribution in [0, 0.1) is 11.8 Å². The zero-order chi connectivity index (χ0) is 20.0. The molecule has 1 aromatic carbocycles. The highest BCUT2D eigenvalue weighted by atomic mass is 16.5. The highest BCUT2D eigenvalue weighted by Gasteiger charge is 2.49. The van der Waals surface area contributed by atoms with E-state index in [1.165, 1.54) is 40.9 Å². The summed E-state index contributed by atoms with van der Waals surface area (Å²) in [5.74, 6) is 2.40. The summed E-state index contributed by atoms with van der Waals surface area (Å²) in [7, 11) is 0. The van der Waals surface area contributed by atoms with E-state index in [4.69, 9.17) is 9.47 Å². The SMILES string of the molecule is CC(C)n1c2c(c3c1C1OC4C=CCCC4C1C=C3)C=CC1c3ccccc3OC21. The van der Waals surface area contributed by atoms with Gasteiger partial charge in [0.1, 0.15) is 18.0 Å². The first-order valence-electron chi connectivity index (χ1n) is 11.4. The van der Waals surface area contributed by atoms with Crippen molar-refractivity contribution in [1.29, 1.82) is 0 Å². The number of allylic oxidation sites excluding steroid dienone is 1. The monoisotopic (exact) mass is 397 g/mol. The fraction of sp³-hybridized carbons (Fsp3) is 0.407. The smallest absolute Gasteiger partial charge is 0.150 e. The molecule has 2 aliphatic heterocycles. The van der Waals surface area contributed by atoms with Gasteiger partial charge in [-0.15, -0.1) is 0 Å². The average molecular weight is 398 g/mol. The third kappa shape index (κ3) is 2.09. The lowest BCUT2D eigenvalue weighted by Gasteiger charge is -2.29. The van der Waals surface area contributed by atoms with Gasteiger partial charge in [0.25, 0.3) is 0 Å². The van der Waals surface area contributed by atoms with E-state index in [0.29, 0.717) is 17.9 Å². The maximum Gasteiger partial charge on any atom is 0.150 e. The van der Waals surface area contributed by atoms with Crippen molar-refractivity contribution < 1.29 is 9.47 Å². The number of benzene rings is 1. The quantitative estimate of drug-likeness (QED) is 0.523.